The highest BCUT2D eigenvalue weighted by Gasteiger charge is 2.60. The van der Waals surface area contributed by atoms with Crippen molar-refractivity contribution < 1.29 is 4.79 Å². The van der Waals surface area contributed by atoms with Crippen molar-refractivity contribution in [3.05, 3.63) is 101 Å². The molecule has 3 aromatic rings. The van der Waals surface area contributed by atoms with E-state index in [1.165, 1.54) is 22.3 Å². The first-order valence-corrected chi connectivity index (χ1v) is 10.6. The largest absolute Gasteiger partial charge is 0.378 e. The Morgan fingerprint density at radius 1 is 0.968 bits per heavy atom. The summed E-state index contributed by atoms with van der Waals surface area (Å²) >= 11 is 0. The van der Waals surface area contributed by atoms with Crippen LogP contribution in [-0.4, -0.2) is 26.2 Å². The summed E-state index contributed by atoms with van der Waals surface area (Å²) in [6.45, 7) is 4.19. The smallest absolute Gasteiger partial charge is 0.244 e. The van der Waals surface area contributed by atoms with Crippen LogP contribution >= 0.6 is 0 Å². The molecule has 0 spiro atoms. The second-order valence-corrected chi connectivity index (χ2v) is 8.69. The molecule has 1 saturated carbocycles. The van der Waals surface area contributed by atoms with Crippen LogP contribution in [0.1, 0.15) is 34.2 Å². The lowest BCUT2D eigenvalue weighted by Crippen LogP contribution is -2.25. The van der Waals surface area contributed by atoms with Crippen molar-refractivity contribution in [1.29, 1.82) is 0 Å². The molecule has 1 aliphatic carbocycles. The van der Waals surface area contributed by atoms with Crippen LogP contribution in [0.2, 0.25) is 0 Å². The number of hydrogen-bond donors (Lipinski definition) is 1. The maximum absolute atomic E-state index is 13.0. The third-order valence-electron chi connectivity index (χ3n) is 6.14. The summed E-state index contributed by atoms with van der Waals surface area (Å²) in [6, 6.07) is 25.1. The van der Waals surface area contributed by atoms with Crippen molar-refractivity contribution in [2.45, 2.75) is 25.7 Å². The fraction of sp³-hybridized carbons (Fsp3) is 0.259. The zero-order valence-corrected chi connectivity index (χ0v) is 18.6. The van der Waals surface area contributed by atoms with Crippen LogP contribution in [0.15, 0.2) is 77.9 Å². The number of anilines is 1. The highest BCUT2D eigenvalue weighted by Crippen LogP contribution is 2.59. The van der Waals surface area contributed by atoms with E-state index in [2.05, 4.69) is 72.9 Å². The number of hydrogen-bond acceptors (Lipinski definition) is 3. The van der Waals surface area contributed by atoms with Crippen LogP contribution in [0.5, 0.6) is 0 Å². The number of aryl methyl sites for hydroxylation is 2. The molecule has 0 heterocycles. The molecule has 1 aliphatic rings. The van der Waals surface area contributed by atoms with Crippen molar-refractivity contribution in [3.63, 3.8) is 0 Å². The molecule has 158 valence electrons. The molecular formula is C27H29N3O. The summed E-state index contributed by atoms with van der Waals surface area (Å²) in [5.74, 6) is -0.173. The fourth-order valence-corrected chi connectivity index (χ4v) is 4.34. The molecule has 4 heteroatoms. The van der Waals surface area contributed by atoms with Crippen molar-refractivity contribution in [1.82, 2.24) is 5.43 Å². The molecule has 0 bridgehead atoms. The summed E-state index contributed by atoms with van der Waals surface area (Å²) < 4.78 is 0. The van der Waals surface area contributed by atoms with E-state index in [1.54, 1.807) is 6.21 Å². The predicted octanol–water partition coefficient (Wildman–Crippen LogP) is 4.83. The Bertz CT molecular complexity index is 1070. The second kappa shape index (κ2) is 8.38. The first-order chi connectivity index (χ1) is 14.9. The van der Waals surface area contributed by atoms with Gasteiger partial charge in [0, 0.05) is 25.2 Å². The molecule has 4 nitrogen and oxygen atoms in total. The number of amides is 1. The van der Waals surface area contributed by atoms with Gasteiger partial charge in [0.15, 0.2) is 0 Å². The maximum atomic E-state index is 13.0. The van der Waals surface area contributed by atoms with E-state index >= 15 is 0 Å². The number of nitrogens with one attached hydrogen (secondary N) is 1. The monoisotopic (exact) mass is 411 g/mol. The summed E-state index contributed by atoms with van der Waals surface area (Å²) in [5.41, 5.74) is 9.36. The summed E-state index contributed by atoms with van der Waals surface area (Å²) in [4.78, 5) is 15.1. The van der Waals surface area contributed by atoms with Gasteiger partial charge in [-0.2, -0.15) is 5.10 Å². The van der Waals surface area contributed by atoms with Crippen molar-refractivity contribution in [3.8, 4) is 0 Å². The van der Waals surface area contributed by atoms with Gasteiger partial charge in [-0.25, -0.2) is 5.43 Å². The molecule has 0 saturated heterocycles. The van der Waals surface area contributed by atoms with Crippen molar-refractivity contribution in [2.24, 2.45) is 11.0 Å². The van der Waals surface area contributed by atoms with Gasteiger partial charge in [0.1, 0.15) is 0 Å². The van der Waals surface area contributed by atoms with Gasteiger partial charge in [-0.3, -0.25) is 4.79 Å². The zero-order valence-electron chi connectivity index (χ0n) is 18.6. The third kappa shape index (κ3) is 4.24. The van der Waals surface area contributed by atoms with Gasteiger partial charge in [-0.1, -0.05) is 71.8 Å². The number of hydrazone groups is 1. The minimum atomic E-state index is -0.287. The molecule has 4 rings (SSSR count). The number of carbonyl (C=O) groups excluding carboxylic acids is 1. The van der Waals surface area contributed by atoms with E-state index in [0.29, 0.717) is 0 Å². The van der Waals surface area contributed by atoms with E-state index in [4.69, 9.17) is 0 Å². The lowest BCUT2D eigenvalue weighted by Gasteiger charge is -2.19. The van der Waals surface area contributed by atoms with Crippen LogP contribution in [0.3, 0.4) is 0 Å². The van der Waals surface area contributed by atoms with Gasteiger partial charge < -0.3 is 4.90 Å². The van der Waals surface area contributed by atoms with Crippen LogP contribution in [0, 0.1) is 19.8 Å². The normalized spacial score (nSPS) is 16.8. The standard InChI is InChI=1S/C27H29N3O/c1-19-7-5-9-22(15-19)27(23-10-6-8-20(2)16-23)17-25(27)26(31)29-28-18-21-11-13-24(14-12-21)30(3)4/h5-16,18,25H,17H2,1-4H3,(H,29,31)/b28-18-/t25-/m1/s1. The van der Waals surface area contributed by atoms with Gasteiger partial charge in [-0.15, -0.1) is 0 Å². The third-order valence-corrected chi connectivity index (χ3v) is 6.14. The molecule has 0 aromatic heterocycles. The minimum Gasteiger partial charge on any atom is -0.378 e. The summed E-state index contributed by atoms with van der Waals surface area (Å²) in [6.07, 6.45) is 2.49. The molecule has 0 unspecified atom stereocenters. The van der Waals surface area contributed by atoms with Gasteiger partial charge >= 0.3 is 0 Å². The Morgan fingerprint density at radius 3 is 2.06 bits per heavy atom. The average molecular weight is 412 g/mol. The lowest BCUT2D eigenvalue weighted by atomic mass is 9.84. The molecule has 31 heavy (non-hydrogen) atoms. The van der Waals surface area contributed by atoms with Gasteiger partial charge in [-0.05, 0) is 49.1 Å². The molecule has 0 aliphatic heterocycles. The lowest BCUT2D eigenvalue weighted by molar-refractivity contribution is -0.122. The Morgan fingerprint density at radius 2 is 1.55 bits per heavy atom. The van der Waals surface area contributed by atoms with Crippen LogP contribution in [0.4, 0.5) is 5.69 Å². The van der Waals surface area contributed by atoms with Crippen LogP contribution in [0.25, 0.3) is 0 Å². The van der Waals surface area contributed by atoms with Gasteiger partial charge in [0.05, 0.1) is 12.1 Å². The molecule has 1 atom stereocenters. The van der Waals surface area contributed by atoms with Crippen LogP contribution in [-0.2, 0) is 10.2 Å². The van der Waals surface area contributed by atoms with E-state index in [0.717, 1.165) is 17.7 Å². The highest BCUT2D eigenvalue weighted by atomic mass is 16.2. The molecule has 3 aromatic carbocycles. The number of carbonyl (C=O) groups is 1. The minimum absolute atomic E-state index is 0.0378. The molecule has 1 amide bonds. The number of rotatable bonds is 6. The van der Waals surface area contributed by atoms with Crippen molar-refractivity contribution in [2.75, 3.05) is 19.0 Å². The van der Waals surface area contributed by atoms with E-state index < -0.39 is 0 Å². The maximum Gasteiger partial charge on any atom is 0.244 e. The Hall–Kier alpha value is -3.40. The predicted molar refractivity (Wildman–Crippen MR) is 128 cm³/mol. The zero-order chi connectivity index (χ0) is 22.0. The number of benzene rings is 3. The summed E-state index contributed by atoms with van der Waals surface area (Å²) in [5, 5.41) is 4.23. The molecule has 1 fully saturated rings. The molecular weight excluding hydrogens is 382 g/mol. The van der Waals surface area contributed by atoms with Crippen molar-refractivity contribution >= 4 is 17.8 Å². The SMILES string of the molecule is Cc1cccc(C2(c3cccc(C)c3)C[C@@H]2C(=O)N/N=C\c2ccc(N(C)C)cc2)c1. The van der Waals surface area contributed by atoms with Gasteiger partial charge in [0.2, 0.25) is 5.91 Å². The first-order valence-electron chi connectivity index (χ1n) is 10.6. The number of nitrogens with zero attached hydrogens (tertiary/aromatic N) is 2. The Balaban J connectivity index is 1.53. The first kappa shape index (κ1) is 20.9. The van der Waals surface area contributed by atoms with E-state index in [1.807, 2.05) is 43.3 Å². The Kier molecular flexibility index (Phi) is 5.64. The average Bonchev–Trinajstić information content (AvgIpc) is 3.51. The summed E-state index contributed by atoms with van der Waals surface area (Å²) in [7, 11) is 4.02. The van der Waals surface area contributed by atoms with Crippen LogP contribution < -0.4 is 10.3 Å². The quantitative estimate of drug-likeness (QED) is 0.467. The van der Waals surface area contributed by atoms with E-state index in [-0.39, 0.29) is 17.2 Å². The Labute approximate surface area is 184 Å². The molecule has 1 N–H and O–H groups in total. The van der Waals surface area contributed by atoms with E-state index in [9.17, 15) is 4.79 Å². The van der Waals surface area contributed by atoms with Gasteiger partial charge in [0.25, 0.3) is 0 Å². The highest BCUT2D eigenvalue weighted by molar-refractivity contribution is 5.88. The topological polar surface area (TPSA) is 44.7 Å². The fourth-order valence-electron chi connectivity index (χ4n) is 4.34. The molecule has 0 radical (unpaired) electrons. The second-order valence-electron chi connectivity index (χ2n) is 8.69.